The lowest BCUT2D eigenvalue weighted by atomic mass is 9.91. The van der Waals surface area contributed by atoms with Gasteiger partial charge in [-0.3, -0.25) is 0 Å². The maximum absolute atomic E-state index is 5.75. The van der Waals surface area contributed by atoms with Crippen LogP contribution in [0.25, 0.3) is 0 Å². The Labute approximate surface area is 129 Å². The predicted molar refractivity (Wildman–Crippen MR) is 83.1 cm³/mol. The molecule has 1 aromatic rings. The van der Waals surface area contributed by atoms with Gasteiger partial charge in [0.25, 0.3) is 0 Å². The molecule has 2 aliphatic heterocycles. The normalized spacial score (nSPS) is 24.8. The Morgan fingerprint density at radius 1 is 1.20 bits per heavy atom. The van der Waals surface area contributed by atoms with E-state index in [1.54, 1.807) is 0 Å². The van der Waals surface area contributed by atoms with E-state index in [1.807, 2.05) is 6.07 Å². The fourth-order valence-electron chi connectivity index (χ4n) is 3.21. The van der Waals surface area contributed by atoms with Crippen LogP contribution in [0.5, 0.6) is 5.75 Å². The van der Waals surface area contributed by atoms with Crippen molar-refractivity contribution in [3.05, 3.63) is 28.2 Å². The Morgan fingerprint density at radius 2 is 2.00 bits per heavy atom. The van der Waals surface area contributed by atoms with Gasteiger partial charge in [0.1, 0.15) is 5.75 Å². The van der Waals surface area contributed by atoms with E-state index in [0.717, 1.165) is 42.4 Å². The number of halogens is 1. The molecule has 20 heavy (non-hydrogen) atoms. The van der Waals surface area contributed by atoms with Gasteiger partial charge in [-0.1, -0.05) is 15.9 Å². The Balaban J connectivity index is 1.70. The van der Waals surface area contributed by atoms with Gasteiger partial charge in [0.2, 0.25) is 0 Å². The second-order valence-corrected chi connectivity index (χ2v) is 6.69. The van der Waals surface area contributed by atoms with E-state index in [0.29, 0.717) is 12.1 Å². The molecule has 1 fully saturated rings. The SMILES string of the molecule is CC(NC1CCOc2ccc(Br)cc21)C1CCOCC1. The standard InChI is InChI=1S/C16H22BrNO2/c1-11(12-4-7-19-8-5-12)18-15-6-9-20-16-3-2-13(17)10-14(15)16/h2-3,10-12,15,18H,4-9H2,1H3. The van der Waals surface area contributed by atoms with Crippen molar-refractivity contribution in [2.24, 2.45) is 5.92 Å². The molecule has 1 aromatic carbocycles. The van der Waals surface area contributed by atoms with Gasteiger partial charge in [0, 0.05) is 41.8 Å². The van der Waals surface area contributed by atoms with E-state index in [4.69, 9.17) is 9.47 Å². The Hall–Kier alpha value is -0.580. The molecule has 2 heterocycles. The molecule has 110 valence electrons. The molecular formula is C16H22BrNO2. The van der Waals surface area contributed by atoms with Crippen LogP contribution in [-0.2, 0) is 4.74 Å². The van der Waals surface area contributed by atoms with Crippen LogP contribution in [0.15, 0.2) is 22.7 Å². The molecule has 2 atom stereocenters. The maximum Gasteiger partial charge on any atom is 0.124 e. The molecule has 0 radical (unpaired) electrons. The van der Waals surface area contributed by atoms with Gasteiger partial charge in [-0.15, -0.1) is 0 Å². The fraction of sp³-hybridized carbons (Fsp3) is 0.625. The van der Waals surface area contributed by atoms with Gasteiger partial charge in [0.15, 0.2) is 0 Å². The second-order valence-electron chi connectivity index (χ2n) is 5.78. The minimum Gasteiger partial charge on any atom is -0.493 e. The average molecular weight is 340 g/mol. The second kappa shape index (κ2) is 6.46. The van der Waals surface area contributed by atoms with E-state index in [1.165, 1.54) is 18.4 Å². The van der Waals surface area contributed by atoms with Crippen LogP contribution in [0, 0.1) is 5.92 Å². The summed E-state index contributed by atoms with van der Waals surface area (Å²) in [5, 5.41) is 3.82. The zero-order chi connectivity index (χ0) is 13.9. The van der Waals surface area contributed by atoms with Crippen molar-refractivity contribution in [1.82, 2.24) is 5.32 Å². The molecule has 3 nitrogen and oxygen atoms in total. The average Bonchev–Trinajstić information content (AvgIpc) is 2.49. The van der Waals surface area contributed by atoms with Crippen molar-refractivity contribution in [3.63, 3.8) is 0 Å². The zero-order valence-electron chi connectivity index (χ0n) is 11.9. The monoisotopic (exact) mass is 339 g/mol. The minimum atomic E-state index is 0.397. The number of ether oxygens (including phenoxy) is 2. The van der Waals surface area contributed by atoms with Crippen LogP contribution < -0.4 is 10.1 Å². The maximum atomic E-state index is 5.75. The van der Waals surface area contributed by atoms with Crippen LogP contribution in [0.1, 0.15) is 37.8 Å². The molecule has 0 spiro atoms. The lowest BCUT2D eigenvalue weighted by Crippen LogP contribution is -2.40. The van der Waals surface area contributed by atoms with E-state index < -0.39 is 0 Å². The summed E-state index contributed by atoms with van der Waals surface area (Å²) in [6.07, 6.45) is 3.38. The molecule has 3 rings (SSSR count). The highest BCUT2D eigenvalue weighted by Crippen LogP contribution is 2.35. The molecule has 0 bridgehead atoms. The van der Waals surface area contributed by atoms with Gasteiger partial charge in [-0.25, -0.2) is 0 Å². The van der Waals surface area contributed by atoms with Gasteiger partial charge in [-0.05, 0) is 43.9 Å². The van der Waals surface area contributed by atoms with Crippen molar-refractivity contribution in [2.75, 3.05) is 19.8 Å². The third kappa shape index (κ3) is 3.18. The van der Waals surface area contributed by atoms with Crippen molar-refractivity contribution >= 4 is 15.9 Å². The van der Waals surface area contributed by atoms with E-state index in [9.17, 15) is 0 Å². The van der Waals surface area contributed by atoms with Crippen LogP contribution in [-0.4, -0.2) is 25.9 Å². The Morgan fingerprint density at radius 3 is 2.80 bits per heavy atom. The summed E-state index contributed by atoms with van der Waals surface area (Å²) in [4.78, 5) is 0. The predicted octanol–water partition coefficient (Wildman–Crippen LogP) is 3.68. The van der Waals surface area contributed by atoms with Crippen LogP contribution >= 0.6 is 15.9 Å². The molecule has 2 unspecified atom stereocenters. The van der Waals surface area contributed by atoms with Gasteiger partial charge >= 0.3 is 0 Å². The number of benzene rings is 1. The molecule has 1 N–H and O–H groups in total. The topological polar surface area (TPSA) is 30.5 Å². The van der Waals surface area contributed by atoms with Gasteiger partial charge in [0.05, 0.1) is 6.61 Å². The largest absolute Gasteiger partial charge is 0.493 e. The third-order valence-electron chi connectivity index (χ3n) is 4.45. The quantitative estimate of drug-likeness (QED) is 0.911. The molecule has 0 amide bonds. The summed E-state index contributed by atoms with van der Waals surface area (Å²) >= 11 is 3.56. The molecule has 1 saturated heterocycles. The van der Waals surface area contributed by atoms with E-state index >= 15 is 0 Å². The van der Waals surface area contributed by atoms with E-state index in [2.05, 4.69) is 40.3 Å². The molecule has 0 saturated carbocycles. The van der Waals surface area contributed by atoms with Crippen LogP contribution in [0.4, 0.5) is 0 Å². The Kier molecular flexibility index (Phi) is 4.64. The summed E-state index contributed by atoms with van der Waals surface area (Å²) in [5.41, 5.74) is 1.28. The highest BCUT2D eigenvalue weighted by Gasteiger charge is 2.27. The molecule has 4 heteroatoms. The smallest absolute Gasteiger partial charge is 0.124 e. The summed E-state index contributed by atoms with van der Waals surface area (Å²) in [6, 6.07) is 7.21. The Bertz CT molecular complexity index is 460. The summed E-state index contributed by atoms with van der Waals surface area (Å²) in [5.74, 6) is 1.75. The first-order chi connectivity index (χ1) is 9.74. The zero-order valence-corrected chi connectivity index (χ0v) is 13.5. The summed E-state index contributed by atoms with van der Waals surface area (Å²) < 4.78 is 12.3. The first kappa shape index (κ1) is 14.4. The first-order valence-corrected chi connectivity index (χ1v) is 8.29. The van der Waals surface area contributed by atoms with E-state index in [-0.39, 0.29) is 0 Å². The van der Waals surface area contributed by atoms with Crippen molar-refractivity contribution < 1.29 is 9.47 Å². The molecule has 0 aliphatic carbocycles. The highest BCUT2D eigenvalue weighted by atomic mass is 79.9. The van der Waals surface area contributed by atoms with Gasteiger partial charge in [-0.2, -0.15) is 0 Å². The highest BCUT2D eigenvalue weighted by molar-refractivity contribution is 9.10. The first-order valence-electron chi connectivity index (χ1n) is 7.50. The van der Waals surface area contributed by atoms with Crippen molar-refractivity contribution in [2.45, 2.75) is 38.3 Å². The summed E-state index contributed by atoms with van der Waals surface area (Å²) in [6.45, 7) is 4.93. The third-order valence-corrected chi connectivity index (χ3v) is 4.94. The fourth-order valence-corrected chi connectivity index (χ4v) is 3.59. The number of hydrogen-bond acceptors (Lipinski definition) is 3. The number of fused-ring (bicyclic) bond motifs is 1. The van der Waals surface area contributed by atoms with Crippen molar-refractivity contribution in [3.8, 4) is 5.75 Å². The number of rotatable bonds is 3. The van der Waals surface area contributed by atoms with Crippen LogP contribution in [0.2, 0.25) is 0 Å². The molecule has 0 aromatic heterocycles. The summed E-state index contributed by atoms with van der Waals surface area (Å²) in [7, 11) is 0. The number of nitrogens with one attached hydrogen (secondary N) is 1. The molecular weight excluding hydrogens is 318 g/mol. The van der Waals surface area contributed by atoms with Crippen molar-refractivity contribution in [1.29, 1.82) is 0 Å². The number of hydrogen-bond donors (Lipinski definition) is 1. The lowest BCUT2D eigenvalue weighted by molar-refractivity contribution is 0.0534. The van der Waals surface area contributed by atoms with Gasteiger partial charge < -0.3 is 14.8 Å². The lowest BCUT2D eigenvalue weighted by Gasteiger charge is -2.34. The minimum absolute atomic E-state index is 0.397. The van der Waals surface area contributed by atoms with Crippen LogP contribution in [0.3, 0.4) is 0 Å². The molecule has 2 aliphatic rings.